The van der Waals surface area contributed by atoms with Crippen LogP contribution < -0.4 is 0 Å². The quantitative estimate of drug-likeness (QED) is 0.649. The Morgan fingerprint density at radius 2 is 2.23 bits per heavy atom. The molecule has 0 amide bonds. The van der Waals surface area contributed by atoms with E-state index in [2.05, 4.69) is 0 Å². The molecule has 1 aromatic carbocycles. The maximum atomic E-state index is 12.9. The largest absolute Gasteiger partial charge is 0.392 e. The topological polar surface area (TPSA) is 20.2 Å². The van der Waals surface area contributed by atoms with Crippen molar-refractivity contribution < 1.29 is 9.50 Å². The number of hydrogen-bond donors (Lipinski definition) is 1. The van der Waals surface area contributed by atoms with Crippen molar-refractivity contribution in [3.8, 4) is 0 Å². The van der Waals surface area contributed by atoms with Crippen molar-refractivity contribution >= 4 is 0 Å². The number of hydrogen-bond acceptors (Lipinski definition) is 1. The summed E-state index contributed by atoms with van der Waals surface area (Å²) >= 11 is 0. The molecule has 0 radical (unpaired) electrons. The molecule has 1 aliphatic carbocycles. The molecular weight excluding hydrogens is 167 g/mol. The van der Waals surface area contributed by atoms with Gasteiger partial charge in [-0.15, -0.1) is 0 Å². The van der Waals surface area contributed by atoms with Crippen LogP contribution in [-0.4, -0.2) is 11.2 Å². The Morgan fingerprint density at radius 1 is 1.46 bits per heavy atom. The summed E-state index contributed by atoms with van der Waals surface area (Å²) in [5, 5.41) is 9.60. The third-order valence-electron chi connectivity index (χ3n) is 2.88. The smallest absolute Gasteiger partial charge is 0.123 e. The Kier molecular flexibility index (Phi) is 2.08. The van der Waals surface area contributed by atoms with Gasteiger partial charge >= 0.3 is 0 Å². The normalized spacial score (nSPS) is 27.0. The van der Waals surface area contributed by atoms with Gasteiger partial charge in [0, 0.05) is 5.92 Å². The predicted molar refractivity (Wildman–Crippen MR) is 49.1 cm³/mol. The van der Waals surface area contributed by atoms with Crippen LogP contribution in [0.2, 0.25) is 0 Å². The third kappa shape index (κ3) is 1.46. The van der Waals surface area contributed by atoms with Gasteiger partial charge in [-0.05, 0) is 36.1 Å². The molecule has 70 valence electrons. The van der Waals surface area contributed by atoms with Gasteiger partial charge < -0.3 is 5.11 Å². The van der Waals surface area contributed by atoms with Crippen LogP contribution in [0.1, 0.15) is 30.4 Å². The fourth-order valence-electron chi connectivity index (χ4n) is 2.00. The lowest BCUT2D eigenvalue weighted by atomic mass is 9.82. The first-order valence-electron chi connectivity index (χ1n) is 4.65. The lowest BCUT2D eigenvalue weighted by molar-refractivity contribution is 0.132. The minimum absolute atomic E-state index is 0.143. The molecule has 1 nitrogen and oxygen atoms in total. The molecule has 0 saturated heterocycles. The Labute approximate surface area is 77.2 Å². The van der Waals surface area contributed by atoms with E-state index in [1.807, 2.05) is 6.92 Å². The van der Waals surface area contributed by atoms with Crippen LogP contribution in [0.4, 0.5) is 4.39 Å². The molecule has 2 unspecified atom stereocenters. The highest BCUT2D eigenvalue weighted by atomic mass is 19.1. The zero-order valence-corrected chi connectivity index (χ0v) is 7.63. The fourth-order valence-corrected chi connectivity index (χ4v) is 2.00. The van der Waals surface area contributed by atoms with E-state index in [1.54, 1.807) is 12.1 Å². The Balaban J connectivity index is 2.44. The SMILES string of the molecule is CC1c2ccc(F)cc2CCC1O. The number of aliphatic hydroxyl groups is 1. The number of aliphatic hydroxyl groups excluding tert-OH is 1. The van der Waals surface area contributed by atoms with E-state index >= 15 is 0 Å². The monoisotopic (exact) mass is 180 g/mol. The van der Waals surface area contributed by atoms with E-state index in [4.69, 9.17) is 0 Å². The van der Waals surface area contributed by atoms with E-state index in [0.717, 1.165) is 24.0 Å². The molecule has 0 fully saturated rings. The van der Waals surface area contributed by atoms with Gasteiger partial charge in [-0.2, -0.15) is 0 Å². The number of aryl methyl sites for hydroxylation is 1. The highest BCUT2D eigenvalue weighted by molar-refractivity contribution is 5.33. The van der Waals surface area contributed by atoms with Crippen LogP contribution in [0, 0.1) is 5.82 Å². The van der Waals surface area contributed by atoms with Gasteiger partial charge in [-0.25, -0.2) is 4.39 Å². The molecule has 0 saturated carbocycles. The molecule has 0 bridgehead atoms. The van der Waals surface area contributed by atoms with Gasteiger partial charge in [0.2, 0.25) is 0 Å². The van der Waals surface area contributed by atoms with Crippen LogP contribution in [0.3, 0.4) is 0 Å². The van der Waals surface area contributed by atoms with E-state index < -0.39 is 0 Å². The summed E-state index contributed by atoms with van der Waals surface area (Å²) in [4.78, 5) is 0. The van der Waals surface area contributed by atoms with E-state index in [1.165, 1.54) is 6.07 Å². The summed E-state index contributed by atoms with van der Waals surface area (Å²) in [6.07, 6.45) is 1.27. The first-order valence-corrected chi connectivity index (χ1v) is 4.65. The second kappa shape index (κ2) is 3.11. The third-order valence-corrected chi connectivity index (χ3v) is 2.88. The van der Waals surface area contributed by atoms with Gasteiger partial charge in [0.25, 0.3) is 0 Å². The fraction of sp³-hybridized carbons (Fsp3) is 0.455. The van der Waals surface area contributed by atoms with E-state index in [0.29, 0.717) is 0 Å². The first-order chi connectivity index (χ1) is 6.18. The molecular formula is C11H13FO. The highest BCUT2D eigenvalue weighted by Gasteiger charge is 2.24. The average Bonchev–Trinajstić information content (AvgIpc) is 2.12. The van der Waals surface area contributed by atoms with Gasteiger partial charge in [0.1, 0.15) is 5.82 Å². The van der Waals surface area contributed by atoms with Crippen LogP contribution >= 0.6 is 0 Å². The molecule has 0 spiro atoms. The molecule has 0 aromatic heterocycles. The van der Waals surface area contributed by atoms with Crippen molar-refractivity contribution in [3.05, 3.63) is 35.1 Å². The highest BCUT2D eigenvalue weighted by Crippen LogP contribution is 2.31. The average molecular weight is 180 g/mol. The maximum Gasteiger partial charge on any atom is 0.123 e. The Bertz CT molecular complexity index is 322. The number of fused-ring (bicyclic) bond motifs is 1. The van der Waals surface area contributed by atoms with Crippen molar-refractivity contribution in [3.63, 3.8) is 0 Å². The minimum Gasteiger partial charge on any atom is -0.392 e. The van der Waals surface area contributed by atoms with Crippen LogP contribution in [0.25, 0.3) is 0 Å². The number of halogens is 1. The summed E-state index contributed by atoms with van der Waals surface area (Å²) in [5.74, 6) is -0.0355. The summed E-state index contributed by atoms with van der Waals surface area (Å²) in [5.41, 5.74) is 2.15. The summed E-state index contributed by atoms with van der Waals surface area (Å²) in [6.45, 7) is 1.99. The van der Waals surface area contributed by atoms with Crippen LogP contribution in [-0.2, 0) is 6.42 Å². The molecule has 2 rings (SSSR count). The zero-order valence-electron chi connectivity index (χ0n) is 7.63. The van der Waals surface area contributed by atoms with Crippen LogP contribution in [0.5, 0.6) is 0 Å². The standard InChI is InChI=1S/C11H13FO/c1-7-10-4-3-9(12)6-8(10)2-5-11(7)13/h3-4,6-7,11,13H,2,5H2,1H3. The van der Waals surface area contributed by atoms with Crippen molar-refractivity contribution in [1.29, 1.82) is 0 Å². The molecule has 2 atom stereocenters. The molecule has 1 aliphatic rings. The van der Waals surface area contributed by atoms with Crippen molar-refractivity contribution in [1.82, 2.24) is 0 Å². The molecule has 1 N–H and O–H groups in total. The van der Waals surface area contributed by atoms with Gasteiger partial charge in [0.05, 0.1) is 6.10 Å². The van der Waals surface area contributed by atoms with E-state index in [-0.39, 0.29) is 17.8 Å². The zero-order chi connectivity index (χ0) is 9.42. The van der Waals surface area contributed by atoms with Crippen LogP contribution in [0.15, 0.2) is 18.2 Å². The van der Waals surface area contributed by atoms with Crippen molar-refractivity contribution in [2.45, 2.75) is 31.8 Å². The Hall–Kier alpha value is -0.890. The second-order valence-electron chi connectivity index (χ2n) is 3.74. The minimum atomic E-state index is -0.266. The Morgan fingerprint density at radius 3 is 3.00 bits per heavy atom. The molecule has 13 heavy (non-hydrogen) atoms. The van der Waals surface area contributed by atoms with Gasteiger partial charge in [0.15, 0.2) is 0 Å². The predicted octanol–water partition coefficient (Wildman–Crippen LogP) is 2.24. The number of rotatable bonds is 0. The number of benzene rings is 1. The first kappa shape index (κ1) is 8.70. The van der Waals surface area contributed by atoms with E-state index in [9.17, 15) is 9.50 Å². The van der Waals surface area contributed by atoms with Gasteiger partial charge in [-0.3, -0.25) is 0 Å². The lowest BCUT2D eigenvalue weighted by Gasteiger charge is -2.27. The molecule has 0 heterocycles. The maximum absolute atomic E-state index is 12.9. The summed E-state index contributed by atoms with van der Waals surface area (Å²) in [7, 11) is 0. The van der Waals surface area contributed by atoms with Crippen molar-refractivity contribution in [2.75, 3.05) is 0 Å². The molecule has 0 aliphatic heterocycles. The molecule has 1 aromatic rings. The van der Waals surface area contributed by atoms with Crippen molar-refractivity contribution in [2.24, 2.45) is 0 Å². The van der Waals surface area contributed by atoms with Gasteiger partial charge in [-0.1, -0.05) is 13.0 Å². The summed E-state index contributed by atoms with van der Waals surface area (Å²) < 4.78 is 12.9. The summed E-state index contributed by atoms with van der Waals surface area (Å²) in [6, 6.07) is 4.84. The molecule has 2 heteroatoms. The lowest BCUT2D eigenvalue weighted by Crippen LogP contribution is -2.23. The second-order valence-corrected chi connectivity index (χ2v) is 3.74.